The summed E-state index contributed by atoms with van der Waals surface area (Å²) in [5.74, 6) is 3.32. The van der Waals surface area contributed by atoms with E-state index in [1.54, 1.807) is 0 Å². The lowest BCUT2D eigenvalue weighted by Crippen LogP contribution is -2.40. The van der Waals surface area contributed by atoms with Crippen molar-refractivity contribution in [3.05, 3.63) is 35.4 Å². The highest BCUT2D eigenvalue weighted by Gasteiger charge is 2.23. The molecule has 1 aliphatic rings. The highest BCUT2D eigenvalue weighted by Crippen LogP contribution is 2.25. The van der Waals surface area contributed by atoms with Crippen molar-refractivity contribution in [2.24, 2.45) is 5.92 Å². The second-order valence-corrected chi connectivity index (χ2v) is 4.35. The molecule has 1 nitrogen and oxygen atoms in total. The molecule has 0 bridgehead atoms. The van der Waals surface area contributed by atoms with Crippen LogP contribution in [0.5, 0.6) is 0 Å². The minimum absolute atomic E-state index is 0.538. The van der Waals surface area contributed by atoms with E-state index in [1.807, 2.05) is 0 Å². The number of nitrogens with one attached hydrogen (secondary N) is 1. The molecule has 0 heterocycles. The Balaban J connectivity index is 2.12. The van der Waals surface area contributed by atoms with E-state index in [4.69, 9.17) is 6.42 Å². The number of rotatable bonds is 2. The van der Waals surface area contributed by atoms with Crippen LogP contribution in [0.3, 0.4) is 0 Å². The van der Waals surface area contributed by atoms with Crippen LogP contribution < -0.4 is 5.32 Å². The van der Waals surface area contributed by atoms with E-state index < -0.39 is 0 Å². The van der Waals surface area contributed by atoms with E-state index in [2.05, 4.69) is 42.4 Å². The van der Waals surface area contributed by atoms with Gasteiger partial charge in [-0.15, -0.1) is 6.42 Å². The normalized spacial score (nSPS) is 24.3. The Labute approximate surface area is 91.9 Å². The van der Waals surface area contributed by atoms with Crippen LogP contribution in [0.4, 0.5) is 0 Å². The second kappa shape index (κ2) is 4.51. The molecular formula is C14H17N. The third-order valence-electron chi connectivity index (χ3n) is 3.25. The van der Waals surface area contributed by atoms with Crippen LogP contribution in [-0.2, 0) is 12.8 Å². The minimum atomic E-state index is 0.538. The highest BCUT2D eigenvalue weighted by atomic mass is 14.9. The van der Waals surface area contributed by atoms with E-state index in [9.17, 15) is 0 Å². The van der Waals surface area contributed by atoms with Gasteiger partial charge in [0.2, 0.25) is 0 Å². The van der Waals surface area contributed by atoms with Gasteiger partial charge in [0.1, 0.15) is 0 Å². The number of fused-ring (bicyclic) bond motifs is 1. The third kappa shape index (κ3) is 2.22. The molecular weight excluding hydrogens is 182 g/mol. The average molecular weight is 199 g/mol. The zero-order valence-electron chi connectivity index (χ0n) is 9.16. The standard InChI is InChI=1S/C14H17N/c1-3-8-15-14-10-13-7-5-4-6-12(13)9-11(14)2/h1,4-7,11,14-15H,8-10H2,2H3/t11-,14-/m0/s1. The van der Waals surface area contributed by atoms with Crippen molar-refractivity contribution in [1.82, 2.24) is 5.32 Å². The summed E-state index contributed by atoms with van der Waals surface area (Å²) in [6, 6.07) is 9.25. The zero-order chi connectivity index (χ0) is 10.7. The van der Waals surface area contributed by atoms with Gasteiger partial charge in [-0.3, -0.25) is 0 Å². The van der Waals surface area contributed by atoms with Crippen molar-refractivity contribution in [1.29, 1.82) is 0 Å². The predicted octanol–water partition coefficient (Wildman–Crippen LogP) is 2.01. The summed E-state index contributed by atoms with van der Waals surface area (Å²) in [4.78, 5) is 0. The second-order valence-electron chi connectivity index (χ2n) is 4.35. The van der Waals surface area contributed by atoms with Crippen molar-refractivity contribution in [2.75, 3.05) is 6.54 Å². The molecule has 1 N–H and O–H groups in total. The molecule has 0 spiro atoms. The molecule has 2 rings (SSSR count). The molecule has 1 aromatic carbocycles. The van der Waals surface area contributed by atoms with Crippen molar-refractivity contribution >= 4 is 0 Å². The van der Waals surface area contributed by atoms with Crippen LogP contribution in [0, 0.1) is 18.3 Å². The summed E-state index contributed by atoms with van der Waals surface area (Å²) < 4.78 is 0. The largest absolute Gasteiger partial charge is 0.303 e. The molecule has 1 aliphatic carbocycles. The van der Waals surface area contributed by atoms with E-state index >= 15 is 0 Å². The van der Waals surface area contributed by atoms with Crippen molar-refractivity contribution in [3.8, 4) is 12.3 Å². The van der Waals surface area contributed by atoms with Gasteiger partial charge in [-0.1, -0.05) is 37.1 Å². The van der Waals surface area contributed by atoms with Crippen LogP contribution in [0.2, 0.25) is 0 Å². The lowest BCUT2D eigenvalue weighted by molar-refractivity contribution is 0.365. The van der Waals surface area contributed by atoms with Crippen LogP contribution in [0.15, 0.2) is 24.3 Å². The summed E-state index contributed by atoms with van der Waals surface area (Å²) >= 11 is 0. The molecule has 0 aliphatic heterocycles. The summed E-state index contributed by atoms with van der Waals surface area (Å²) in [7, 11) is 0. The zero-order valence-corrected chi connectivity index (χ0v) is 9.16. The quantitative estimate of drug-likeness (QED) is 0.718. The maximum atomic E-state index is 5.27. The van der Waals surface area contributed by atoms with Crippen LogP contribution in [-0.4, -0.2) is 12.6 Å². The van der Waals surface area contributed by atoms with E-state index in [1.165, 1.54) is 17.5 Å². The molecule has 1 aromatic rings. The summed E-state index contributed by atoms with van der Waals surface area (Å²) in [5.41, 5.74) is 2.98. The fourth-order valence-corrected chi connectivity index (χ4v) is 2.35. The number of benzene rings is 1. The first-order chi connectivity index (χ1) is 7.31. The fraction of sp³-hybridized carbons (Fsp3) is 0.429. The molecule has 0 radical (unpaired) electrons. The van der Waals surface area contributed by atoms with Gasteiger partial charge in [-0.05, 0) is 29.9 Å². The lowest BCUT2D eigenvalue weighted by atomic mass is 9.81. The molecule has 0 saturated carbocycles. The van der Waals surface area contributed by atoms with Crippen LogP contribution >= 0.6 is 0 Å². The smallest absolute Gasteiger partial charge is 0.0576 e. The lowest BCUT2D eigenvalue weighted by Gasteiger charge is -2.31. The molecule has 0 fully saturated rings. The van der Waals surface area contributed by atoms with Gasteiger partial charge >= 0.3 is 0 Å². The maximum Gasteiger partial charge on any atom is 0.0576 e. The topological polar surface area (TPSA) is 12.0 Å². The Morgan fingerprint density at radius 1 is 1.33 bits per heavy atom. The Morgan fingerprint density at radius 2 is 2.00 bits per heavy atom. The third-order valence-corrected chi connectivity index (χ3v) is 3.25. The summed E-state index contributed by atoms with van der Waals surface area (Å²) in [6.07, 6.45) is 7.55. The molecule has 0 amide bonds. The number of hydrogen-bond donors (Lipinski definition) is 1. The summed E-state index contributed by atoms with van der Waals surface area (Å²) in [5, 5.41) is 3.43. The molecule has 0 saturated heterocycles. The van der Waals surface area contributed by atoms with Crippen molar-refractivity contribution in [2.45, 2.75) is 25.8 Å². The Morgan fingerprint density at radius 3 is 2.67 bits per heavy atom. The van der Waals surface area contributed by atoms with Gasteiger partial charge in [0.05, 0.1) is 6.54 Å². The van der Waals surface area contributed by atoms with Crippen molar-refractivity contribution < 1.29 is 0 Å². The predicted molar refractivity (Wildman–Crippen MR) is 63.6 cm³/mol. The minimum Gasteiger partial charge on any atom is -0.303 e. The Bertz CT molecular complexity index is 375. The highest BCUT2D eigenvalue weighted by molar-refractivity contribution is 5.31. The van der Waals surface area contributed by atoms with Crippen LogP contribution in [0.1, 0.15) is 18.1 Å². The van der Waals surface area contributed by atoms with Gasteiger partial charge in [-0.2, -0.15) is 0 Å². The number of terminal acetylenes is 1. The first-order valence-corrected chi connectivity index (χ1v) is 5.55. The first-order valence-electron chi connectivity index (χ1n) is 5.55. The van der Waals surface area contributed by atoms with E-state index in [-0.39, 0.29) is 0 Å². The van der Waals surface area contributed by atoms with Gasteiger partial charge in [-0.25, -0.2) is 0 Å². The van der Waals surface area contributed by atoms with E-state index in [0.717, 1.165) is 6.42 Å². The molecule has 0 aromatic heterocycles. The summed E-state index contributed by atoms with van der Waals surface area (Å²) in [6.45, 7) is 2.97. The fourth-order valence-electron chi connectivity index (χ4n) is 2.35. The monoisotopic (exact) mass is 199 g/mol. The Kier molecular flexibility index (Phi) is 3.08. The number of hydrogen-bond acceptors (Lipinski definition) is 1. The SMILES string of the molecule is C#CCN[C@H]1Cc2ccccc2C[C@@H]1C. The average Bonchev–Trinajstić information content (AvgIpc) is 2.26. The Hall–Kier alpha value is -1.26. The maximum absolute atomic E-state index is 5.27. The molecule has 15 heavy (non-hydrogen) atoms. The van der Waals surface area contributed by atoms with Gasteiger partial charge in [0.15, 0.2) is 0 Å². The van der Waals surface area contributed by atoms with Crippen molar-refractivity contribution in [3.63, 3.8) is 0 Å². The first kappa shape index (κ1) is 10.3. The van der Waals surface area contributed by atoms with E-state index in [0.29, 0.717) is 18.5 Å². The van der Waals surface area contributed by atoms with Crippen LogP contribution in [0.25, 0.3) is 0 Å². The molecule has 78 valence electrons. The molecule has 1 heteroatoms. The van der Waals surface area contributed by atoms with Gasteiger partial charge < -0.3 is 5.32 Å². The molecule has 0 unspecified atom stereocenters. The van der Waals surface area contributed by atoms with Gasteiger partial charge in [0.25, 0.3) is 0 Å². The molecule has 2 atom stereocenters. The van der Waals surface area contributed by atoms with Gasteiger partial charge in [0, 0.05) is 6.04 Å².